The summed E-state index contributed by atoms with van der Waals surface area (Å²) in [7, 11) is 0. The molecule has 0 radical (unpaired) electrons. The average Bonchev–Trinajstić information content (AvgIpc) is 2.46. The number of halogens is 1. The van der Waals surface area contributed by atoms with Crippen LogP contribution in [0.15, 0.2) is 0 Å². The monoisotopic (exact) mass is 205 g/mol. The molecule has 5 heteroatoms. The van der Waals surface area contributed by atoms with Gasteiger partial charge in [-0.25, -0.2) is 0 Å². The van der Waals surface area contributed by atoms with Gasteiger partial charge in [-0.1, -0.05) is 31.4 Å². The van der Waals surface area contributed by atoms with E-state index in [0.29, 0.717) is 5.15 Å². The fourth-order valence-corrected chi connectivity index (χ4v) is 1.55. The molecule has 0 aliphatic heterocycles. The molecule has 1 aromatic rings. The molecule has 0 bridgehead atoms. The Morgan fingerprint density at radius 3 is 2.83 bits per heavy atom. The van der Waals surface area contributed by atoms with E-state index in [9.17, 15) is 0 Å². The van der Waals surface area contributed by atoms with Crippen molar-refractivity contribution in [3.8, 4) is 0 Å². The maximum absolute atomic E-state index is 5.73. The molecule has 0 atom stereocenters. The van der Waals surface area contributed by atoms with E-state index in [-0.39, 0.29) is 0 Å². The van der Waals surface area contributed by atoms with E-state index in [1.807, 2.05) is 0 Å². The Kier molecular flexibility index (Phi) is 4.32. The number of nitrogens with zero attached hydrogens (tertiary/aromatic N) is 2. The van der Waals surface area contributed by atoms with E-state index in [4.69, 9.17) is 11.6 Å². The minimum absolute atomic E-state index is 0.483. The van der Waals surface area contributed by atoms with Gasteiger partial charge < -0.3 is 5.32 Å². The SMILES string of the molecule is CCCCCNc1nsnc1Cl. The largest absolute Gasteiger partial charge is 0.367 e. The second kappa shape index (κ2) is 5.32. The predicted molar refractivity (Wildman–Crippen MR) is 52.9 cm³/mol. The van der Waals surface area contributed by atoms with Crippen LogP contribution in [0.2, 0.25) is 5.15 Å². The third-order valence-electron chi connectivity index (χ3n) is 1.52. The van der Waals surface area contributed by atoms with Crippen LogP contribution in [-0.2, 0) is 0 Å². The van der Waals surface area contributed by atoms with Gasteiger partial charge in [0.25, 0.3) is 0 Å². The van der Waals surface area contributed by atoms with Gasteiger partial charge in [0.15, 0.2) is 11.0 Å². The van der Waals surface area contributed by atoms with Crippen molar-refractivity contribution < 1.29 is 0 Å². The molecule has 68 valence electrons. The van der Waals surface area contributed by atoms with Crippen molar-refractivity contribution in [2.75, 3.05) is 11.9 Å². The number of unbranched alkanes of at least 4 members (excludes halogenated alkanes) is 2. The summed E-state index contributed by atoms with van der Waals surface area (Å²) in [6.07, 6.45) is 3.62. The fourth-order valence-electron chi connectivity index (χ4n) is 0.865. The lowest BCUT2D eigenvalue weighted by atomic mass is 10.2. The number of nitrogens with one attached hydrogen (secondary N) is 1. The first-order valence-electron chi connectivity index (χ1n) is 4.06. The summed E-state index contributed by atoms with van der Waals surface area (Å²) < 4.78 is 7.85. The summed E-state index contributed by atoms with van der Waals surface area (Å²) in [5.41, 5.74) is 0. The van der Waals surface area contributed by atoms with Gasteiger partial charge >= 0.3 is 0 Å². The molecule has 0 saturated carbocycles. The van der Waals surface area contributed by atoms with Crippen LogP contribution in [0.3, 0.4) is 0 Å². The van der Waals surface area contributed by atoms with Crippen LogP contribution >= 0.6 is 23.3 Å². The summed E-state index contributed by atoms with van der Waals surface area (Å²) >= 11 is 6.86. The van der Waals surface area contributed by atoms with E-state index in [1.54, 1.807) is 0 Å². The Balaban J connectivity index is 2.20. The molecule has 1 N–H and O–H groups in total. The number of hydrogen-bond donors (Lipinski definition) is 1. The lowest BCUT2D eigenvalue weighted by molar-refractivity contribution is 0.743. The van der Waals surface area contributed by atoms with E-state index in [1.165, 1.54) is 12.8 Å². The van der Waals surface area contributed by atoms with Crippen LogP contribution in [0.25, 0.3) is 0 Å². The molecular weight excluding hydrogens is 194 g/mol. The van der Waals surface area contributed by atoms with Crippen molar-refractivity contribution in [2.45, 2.75) is 26.2 Å². The summed E-state index contributed by atoms with van der Waals surface area (Å²) in [5.74, 6) is 0.720. The van der Waals surface area contributed by atoms with E-state index >= 15 is 0 Å². The van der Waals surface area contributed by atoms with Crippen molar-refractivity contribution in [2.24, 2.45) is 0 Å². The van der Waals surface area contributed by atoms with Gasteiger partial charge in [-0.15, -0.1) is 0 Å². The zero-order valence-electron chi connectivity index (χ0n) is 7.01. The molecule has 0 aliphatic rings. The van der Waals surface area contributed by atoms with Crippen molar-refractivity contribution in [3.63, 3.8) is 0 Å². The van der Waals surface area contributed by atoms with E-state index < -0.39 is 0 Å². The van der Waals surface area contributed by atoms with Gasteiger partial charge in [0.2, 0.25) is 0 Å². The maximum atomic E-state index is 5.73. The highest BCUT2D eigenvalue weighted by Gasteiger charge is 2.02. The first-order chi connectivity index (χ1) is 5.84. The third-order valence-corrected chi connectivity index (χ3v) is 2.41. The van der Waals surface area contributed by atoms with Gasteiger partial charge in [-0.3, -0.25) is 0 Å². The molecule has 0 fully saturated rings. The third kappa shape index (κ3) is 2.95. The molecule has 3 nitrogen and oxygen atoms in total. The average molecular weight is 206 g/mol. The molecule has 0 aliphatic carbocycles. The maximum Gasteiger partial charge on any atom is 0.186 e. The Labute approximate surface area is 81.5 Å². The van der Waals surface area contributed by atoms with Crippen molar-refractivity contribution >= 4 is 29.1 Å². The summed E-state index contributed by atoms with van der Waals surface area (Å²) in [6, 6.07) is 0. The highest BCUT2D eigenvalue weighted by molar-refractivity contribution is 6.99. The topological polar surface area (TPSA) is 37.8 Å². The fraction of sp³-hybridized carbons (Fsp3) is 0.714. The first kappa shape index (κ1) is 9.74. The first-order valence-corrected chi connectivity index (χ1v) is 5.17. The van der Waals surface area contributed by atoms with Crippen molar-refractivity contribution in [3.05, 3.63) is 5.15 Å². The number of hydrogen-bond acceptors (Lipinski definition) is 4. The molecule has 1 heterocycles. The summed E-state index contributed by atoms with van der Waals surface area (Å²) in [6.45, 7) is 3.11. The lowest BCUT2D eigenvalue weighted by Gasteiger charge is -2.00. The van der Waals surface area contributed by atoms with Crippen molar-refractivity contribution in [1.82, 2.24) is 8.75 Å². The summed E-state index contributed by atoms with van der Waals surface area (Å²) in [4.78, 5) is 0. The van der Waals surface area contributed by atoms with Gasteiger partial charge in [-0.05, 0) is 6.42 Å². The Hall–Kier alpha value is -0.350. The molecule has 0 saturated heterocycles. The highest BCUT2D eigenvalue weighted by atomic mass is 35.5. The van der Waals surface area contributed by atoms with Gasteiger partial charge in [0, 0.05) is 6.54 Å². The number of aromatic nitrogens is 2. The van der Waals surface area contributed by atoms with E-state index in [0.717, 1.165) is 30.5 Å². The Morgan fingerprint density at radius 2 is 2.25 bits per heavy atom. The number of rotatable bonds is 5. The molecule has 0 spiro atoms. The second-order valence-corrected chi connectivity index (χ2v) is 3.42. The van der Waals surface area contributed by atoms with Gasteiger partial charge in [-0.2, -0.15) is 8.75 Å². The normalized spacial score (nSPS) is 10.2. The molecule has 12 heavy (non-hydrogen) atoms. The smallest absolute Gasteiger partial charge is 0.186 e. The van der Waals surface area contributed by atoms with Crippen LogP contribution in [0.5, 0.6) is 0 Å². The van der Waals surface area contributed by atoms with Crippen molar-refractivity contribution in [1.29, 1.82) is 0 Å². The second-order valence-electron chi connectivity index (χ2n) is 2.54. The minimum Gasteiger partial charge on any atom is -0.367 e. The lowest BCUT2D eigenvalue weighted by Crippen LogP contribution is -2.01. The zero-order chi connectivity index (χ0) is 8.81. The molecule has 1 aromatic heterocycles. The quantitative estimate of drug-likeness (QED) is 0.752. The van der Waals surface area contributed by atoms with Crippen LogP contribution in [0.1, 0.15) is 26.2 Å². The molecule has 0 unspecified atom stereocenters. The molecular formula is C7H12ClN3S. The Morgan fingerprint density at radius 1 is 1.42 bits per heavy atom. The molecule has 0 amide bonds. The summed E-state index contributed by atoms with van der Waals surface area (Å²) in [5, 5.41) is 3.62. The minimum atomic E-state index is 0.483. The Bertz CT molecular complexity index is 226. The van der Waals surface area contributed by atoms with Crippen LogP contribution in [0, 0.1) is 0 Å². The predicted octanol–water partition coefficient (Wildman–Crippen LogP) is 2.79. The highest BCUT2D eigenvalue weighted by Crippen LogP contribution is 2.17. The van der Waals surface area contributed by atoms with Gasteiger partial charge in [0.1, 0.15) is 0 Å². The molecule has 1 rings (SSSR count). The van der Waals surface area contributed by atoms with Crippen LogP contribution in [0.4, 0.5) is 5.82 Å². The standard InChI is InChI=1S/C7H12ClN3S/c1-2-3-4-5-9-7-6(8)10-12-11-7/h2-5H2,1H3,(H,9,11). The number of anilines is 1. The van der Waals surface area contributed by atoms with Crippen LogP contribution in [-0.4, -0.2) is 15.3 Å². The molecule has 0 aromatic carbocycles. The van der Waals surface area contributed by atoms with Gasteiger partial charge in [0.05, 0.1) is 11.7 Å². The van der Waals surface area contributed by atoms with Crippen LogP contribution < -0.4 is 5.32 Å². The van der Waals surface area contributed by atoms with E-state index in [2.05, 4.69) is 21.0 Å². The zero-order valence-corrected chi connectivity index (χ0v) is 8.58.